The Balaban J connectivity index is 1.23. The lowest BCUT2D eigenvalue weighted by Crippen LogP contribution is -2.52. The van der Waals surface area contributed by atoms with Gasteiger partial charge < -0.3 is 19.9 Å². The molecule has 0 radical (unpaired) electrons. The van der Waals surface area contributed by atoms with Crippen LogP contribution in [0, 0.1) is 5.82 Å². The molecule has 0 spiro atoms. The van der Waals surface area contributed by atoms with E-state index in [9.17, 15) is 18.8 Å². The molecule has 0 unspecified atom stereocenters. The van der Waals surface area contributed by atoms with E-state index in [4.69, 9.17) is 6.11 Å². The Kier molecular flexibility index (Phi) is 7.00. The number of carbonyl (C=O) groups excluding carboxylic acids is 3. The number of halogens is 1. The van der Waals surface area contributed by atoms with E-state index in [0.717, 1.165) is 32.7 Å². The molecule has 1 atom stereocenters. The van der Waals surface area contributed by atoms with E-state index in [1.807, 2.05) is 0 Å². The molecule has 0 bridgehead atoms. The van der Waals surface area contributed by atoms with Crippen LogP contribution in [0.2, 0.25) is 0 Å². The number of anilines is 1. The largest absolute Gasteiger partial charge is 0.492 e. The van der Waals surface area contributed by atoms with Crippen LogP contribution < -0.4 is 15.4 Å². The highest BCUT2D eigenvalue weighted by atomic mass is 19.1. The molecule has 2 N–H and O–H groups in total. The van der Waals surface area contributed by atoms with E-state index >= 15 is 0 Å². The highest BCUT2D eigenvalue weighted by molar-refractivity contribution is 6.06. The summed E-state index contributed by atoms with van der Waals surface area (Å²) in [6.07, 6.45) is -0.0689. The zero-order chi connectivity index (χ0) is 26.9. The van der Waals surface area contributed by atoms with E-state index in [1.165, 1.54) is 11.0 Å². The smallest absolute Gasteiger partial charge is 0.255 e. The van der Waals surface area contributed by atoms with E-state index in [1.54, 1.807) is 30.3 Å². The highest BCUT2D eigenvalue weighted by Crippen LogP contribution is 2.32. The van der Waals surface area contributed by atoms with Crippen LogP contribution in [0.5, 0.6) is 5.75 Å². The van der Waals surface area contributed by atoms with Crippen molar-refractivity contribution in [1.82, 2.24) is 20.0 Å². The van der Waals surface area contributed by atoms with Crippen molar-refractivity contribution < 1.29 is 24.9 Å². The summed E-state index contributed by atoms with van der Waals surface area (Å²) in [6.45, 7) is 5.61. The molecular weight excluding hydrogens is 477 g/mol. The zero-order valence-corrected chi connectivity index (χ0v) is 20.9. The Hall–Kier alpha value is -3.50. The van der Waals surface area contributed by atoms with Gasteiger partial charge in [0.25, 0.3) is 5.91 Å². The van der Waals surface area contributed by atoms with Gasteiger partial charge in [0, 0.05) is 74.6 Å². The van der Waals surface area contributed by atoms with E-state index in [-0.39, 0.29) is 31.7 Å². The Labute approximate surface area is 216 Å². The molecule has 2 saturated heterocycles. The number of benzene rings is 2. The van der Waals surface area contributed by atoms with Crippen LogP contribution in [-0.4, -0.2) is 84.8 Å². The number of carbonyl (C=O) groups is 3. The van der Waals surface area contributed by atoms with Crippen molar-refractivity contribution in [3.05, 3.63) is 58.9 Å². The van der Waals surface area contributed by atoms with Gasteiger partial charge in [-0.3, -0.25) is 24.6 Å². The number of piperidine rings is 1. The fourth-order valence-corrected chi connectivity index (χ4v) is 4.91. The normalized spacial score (nSPS) is 23.0. The van der Waals surface area contributed by atoms with Crippen LogP contribution in [0.15, 0.2) is 36.4 Å². The molecule has 5 rings (SSSR count). The number of imide groups is 1. The number of rotatable bonds is 8. The summed E-state index contributed by atoms with van der Waals surface area (Å²) in [5.74, 6) is -1.47. The number of piperazine rings is 1. The van der Waals surface area contributed by atoms with Gasteiger partial charge in [0.1, 0.15) is 24.2 Å². The zero-order valence-electron chi connectivity index (χ0n) is 21.9. The van der Waals surface area contributed by atoms with Crippen LogP contribution in [0.25, 0.3) is 0 Å². The number of fused-ring (bicyclic) bond motifs is 1. The van der Waals surface area contributed by atoms with E-state index < -0.39 is 23.7 Å². The molecule has 9 nitrogen and oxygen atoms in total. The molecule has 2 fully saturated rings. The summed E-state index contributed by atoms with van der Waals surface area (Å²) in [4.78, 5) is 43.0. The van der Waals surface area contributed by atoms with Crippen molar-refractivity contribution in [1.29, 1.82) is 0 Å². The standard InChI is InChI=1S/C27H32FN5O4/c1-31-9-11-32(12-10-31)13-14-37-19-5-6-22(28)18(15-19)16-29-23-4-2-3-20-21(23)17-33(27(20)36)24-7-8-25(34)30-26(24)35/h2-6,15,24,29H,7-14,16-17H2,1H3,(H,30,34,35)/t24-/m0/s1/i24D. The van der Waals surface area contributed by atoms with Crippen LogP contribution >= 0.6 is 0 Å². The fraction of sp³-hybridized carbons (Fsp3) is 0.444. The van der Waals surface area contributed by atoms with Crippen LogP contribution in [-0.2, 0) is 22.7 Å². The second kappa shape index (κ2) is 10.9. The summed E-state index contributed by atoms with van der Waals surface area (Å²) in [5.41, 5.74) is 2.06. The average molecular weight is 511 g/mol. The van der Waals surface area contributed by atoms with Gasteiger partial charge in [-0.15, -0.1) is 0 Å². The summed E-state index contributed by atoms with van der Waals surface area (Å²) in [7, 11) is 2.11. The molecule has 0 aromatic heterocycles. The minimum atomic E-state index is -1.86. The fourth-order valence-electron chi connectivity index (χ4n) is 4.91. The Morgan fingerprint density at radius 2 is 1.97 bits per heavy atom. The predicted octanol–water partition coefficient (Wildman–Crippen LogP) is 1.82. The van der Waals surface area contributed by atoms with E-state index in [0.29, 0.717) is 34.7 Å². The number of amides is 3. The van der Waals surface area contributed by atoms with Gasteiger partial charge in [0.05, 0.1) is 1.37 Å². The first kappa shape index (κ1) is 23.9. The van der Waals surface area contributed by atoms with Gasteiger partial charge in [-0.2, -0.15) is 0 Å². The molecule has 2 aromatic carbocycles. The van der Waals surface area contributed by atoms with Crippen molar-refractivity contribution in [3.63, 3.8) is 0 Å². The third-order valence-corrected chi connectivity index (χ3v) is 7.16. The number of hydrogen-bond donors (Lipinski definition) is 2. The molecule has 0 aliphatic carbocycles. The van der Waals surface area contributed by atoms with Gasteiger partial charge in [-0.05, 0) is 43.8 Å². The molecule has 3 aliphatic heterocycles. The van der Waals surface area contributed by atoms with Gasteiger partial charge in [0.2, 0.25) is 11.8 Å². The van der Waals surface area contributed by atoms with Crippen molar-refractivity contribution in [2.45, 2.75) is 31.9 Å². The topological polar surface area (TPSA) is 94.2 Å². The van der Waals surface area contributed by atoms with Crippen molar-refractivity contribution in [2.24, 2.45) is 0 Å². The summed E-state index contributed by atoms with van der Waals surface area (Å²) in [5, 5.41) is 5.38. The number of likely N-dealkylation sites (N-methyl/N-ethyl adjacent to an activating group) is 1. The maximum Gasteiger partial charge on any atom is 0.255 e. The summed E-state index contributed by atoms with van der Waals surface area (Å²) >= 11 is 0. The molecule has 3 heterocycles. The second-order valence-corrected chi connectivity index (χ2v) is 9.65. The number of nitrogens with one attached hydrogen (secondary N) is 2. The van der Waals surface area contributed by atoms with Gasteiger partial charge >= 0.3 is 0 Å². The average Bonchev–Trinajstić information content (AvgIpc) is 3.25. The van der Waals surface area contributed by atoms with Crippen LogP contribution in [0.1, 0.15) is 35.7 Å². The second-order valence-electron chi connectivity index (χ2n) is 9.65. The first-order chi connectivity index (χ1) is 18.2. The van der Waals surface area contributed by atoms with Crippen LogP contribution in [0.3, 0.4) is 0 Å². The molecule has 2 aromatic rings. The number of hydrogen-bond acceptors (Lipinski definition) is 7. The monoisotopic (exact) mass is 510 g/mol. The third-order valence-electron chi connectivity index (χ3n) is 7.16. The molecule has 0 saturated carbocycles. The van der Waals surface area contributed by atoms with Crippen LogP contribution in [0.4, 0.5) is 10.1 Å². The maximum absolute atomic E-state index is 14.6. The van der Waals surface area contributed by atoms with Gasteiger partial charge in [-0.1, -0.05) is 6.07 Å². The lowest BCUT2D eigenvalue weighted by atomic mass is 10.0. The van der Waals surface area contributed by atoms with Crippen molar-refractivity contribution in [3.8, 4) is 5.75 Å². The highest BCUT2D eigenvalue weighted by Gasteiger charge is 2.39. The molecule has 3 aliphatic rings. The third kappa shape index (κ3) is 5.60. The quantitative estimate of drug-likeness (QED) is 0.524. The summed E-state index contributed by atoms with van der Waals surface area (Å²) in [6, 6.07) is 7.96. The maximum atomic E-state index is 14.6. The minimum Gasteiger partial charge on any atom is -0.492 e. The minimum absolute atomic E-state index is 0.00641. The Morgan fingerprint density at radius 3 is 2.76 bits per heavy atom. The van der Waals surface area contributed by atoms with Gasteiger partial charge in [0.15, 0.2) is 0 Å². The summed E-state index contributed by atoms with van der Waals surface area (Å²) < 4.78 is 29.2. The predicted molar refractivity (Wildman–Crippen MR) is 136 cm³/mol. The molecule has 3 amide bonds. The van der Waals surface area contributed by atoms with Gasteiger partial charge in [-0.25, -0.2) is 4.39 Å². The molecule has 196 valence electrons. The molecule has 37 heavy (non-hydrogen) atoms. The first-order valence-corrected chi connectivity index (χ1v) is 12.6. The number of nitrogens with zero attached hydrogens (tertiary/aromatic N) is 3. The van der Waals surface area contributed by atoms with Crippen molar-refractivity contribution >= 4 is 23.4 Å². The Morgan fingerprint density at radius 1 is 1.16 bits per heavy atom. The Bertz CT molecular complexity index is 1250. The molecular formula is C27H32FN5O4. The molecule has 10 heteroatoms. The lowest BCUT2D eigenvalue weighted by molar-refractivity contribution is -0.136. The van der Waals surface area contributed by atoms with Crippen molar-refractivity contribution in [2.75, 3.05) is 51.7 Å². The number of ether oxygens (including phenoxy) is 1. The SMILES string of the molecule is [2H][C@]1(N2Cc3c(NCc4cc(OCCN5CCN(C)CC5)ccc4F)cccc3C2=O)CCC(=O)NC1=O. The van der Waals surface area contributed by atoms with E-state index in [2.05, 4.69) is 27.5 Å². The lowest BCUT2D eigenvalue weighted by Gasteiger charge is -2.32. The first-order valence-electron chi connectivity index (χ1n) is 13.1.